The highest BCUT2D eigenvalue weighted by Gasteiger charge is 2.20. The molecule has 144 valence electrons. The molecule has 3 heterocycles. The van der Waals surface area contributed by atoms with Crippen LogP contribution in [-0.2, 0) is 11.3 Å². The van der Waals surface area contributed by atoms with Gasteiger partial charge in [-0.25, -0.2) is 4.98 Å². The fourth-order valence-corrected chi connectivity index (χ4v) is 3.00. The second-order valence-corrected chi connectivity index (χ2v) is 7.59. The summed E-state index contributed by atoms with van der Waals surface area (Å²) < 4.78 is 2.22. The Kier molecular flexibility index (Phi) is 6.60. The molecule has 0 aliphatic rings. The van der Waals surface area contributed by atoms with Crippen molar-refractivity contribution in [3.63, 3.8) is 0 Å². The van der Waals surface area contributed by atoms with Crippen LogP contribution in [0.3, 0.4) is 0 Å². The van der Waals surface area contributed by atoms with Crippen LogP contribution >= 0.6 is 12.4 Å². The maximum absolute atomic E-state index is 12.0. The van der Waals surface area contributed by atoms with Gasteiger partial charge < -0.3 is 9.88 Å². The molecule has 0 saturated heterocycles. The van der Waals surface area contributed by atoms with E-state index in [0.29, 0.717) is 6.54 Å². The second kappa shape index (κ2) is 8.53. The highest BCUT2D eigenvalue weighted by Crippen LogP contribution is 2.28. The van der Waals surface area contributed by atoms with Crippen molar-refractivity contribution in [1.29, 1.82) is 0 Å². The number of halogens is 1. The summed E-state index contributed by atoms with van der Waals surface area (Å²) in [5, 5.41) is 4.13. The Morgan fingerprint density at radius 1 is 1.15 bits per heavy atom. The Bertz CT molecular complexity index is 927. The molecule has 0 aliphatic carbocycles. The highest BCUT2D eigenvalue weighted by atomic mass is 35.5. The third-order valence-corrected chi connectivity index (χ3v) is 4.46. The third-order valence-electron chi connectivity index (χ3n) is 4.46. The van der Waals surface area contributed by atoms with E-state index in [1.807, 2.05) is 52.2 Å². The van der Waals surface area contributed by atoms with Crippen LogP contribution in [0.25, 0.3) is 22.3 Å². The van der Waals surface area contributed by atoms with Crippen molar-refractivity contribution < 1.29 is 4.79 Å². The first-order chi connectivity index (χ1) is 12.4. The minimum Gasteiger partial charge on any atom is -0.356 e. The fraction of sp³-hybridized carbons (Fsp3) is 0.381. The van der Waals surface area contributed by atoms with Crippen molar-refractivity contribution in [2.24, 2.45) is 5.41 Å². The van der Waals surface area contributed by atoms with E-state index in [1.54, 1.807) is 0 Å². The van der Waals surface area contributed by atoms with Gasteiger partial charge in [-0.1, -0.05) is 20.8 Å². The quantitative estimate of drug-likeness (QED) is 0.662. The molecular weight excluding hydrogens is 360 g/mol. The molecule has 6 heteroatoms. The van der Waals surface area contributed by atoms with E-state index in [4.69, 9.17) is 0 Å². The van der Waals surface area contributed by atoms with Crippen molar-refractivity contribution in [1.82, 2.24) is 19.9 Å². The molecule has 27 heavy (non-hydrogen) atoms. The zero-order valence-electron chi connectivity index (χ0n) is 16.3. The highest BCUT2D eigenvalue weighted by molar-refractivity contribution is 5.85. The van der Waals surface area contributed by atoms with E-state index in [2.05, 4.69) is 38.1 Å². The number of hydrogen-bond donors (Lipinski definition) is 1. The van der Waals surface area contributed by atoms with E-state index in [1.165, 1.54) is 0 Å². The van der Waals surface area contributed by atoms with Crippen molar-refractivity contribution in [2.75, 3.05) is 6.54 Å². The first-order valence-corrected chi connectivity index (χ1v) is 9.02. The third kappa shape index (κ3) is 4.66. The lowest BCUT2D eigenvalue weighted by atomic mass is 9.96. The smallest absolute Gasteiger partial charge is 0.225 e. The minimum atomic E-state index is -0.361. The van der Waals surface area contributed by atoms with E-state index in [0.717, 1.165) is 41.0 Å². The predicted molar refractivity (Wildman–Crippen MR) is 112 cm³/mol. The Hall–Kier alpha value is -2.40. The molecule has 0 atom stereocenters. The average molecular weight is 387 g/mol. The number of aryl methyl sites for hydroxylation is 2. The topological polar surface area (TPSA) is 59.8 Å². The van der Waals surface area contributed by atoms with E-state index >= 15 is 0 Å². The summed E-state index contributed by atoms with van der Waals surface area (Å²) in [6.45, 7) is 9.23. The van der Waals surface area contributed by atoms with Gasteiger partial charge in [0.1, 0.15) is 5.65 Å². The Balaban J connectivity index is 0.00000261. The molecule has 0 unspecified atom stereocenters. The summed E-state index contributed by atoms with van der Waals surface area (Å²) in [5.74, 6) is 0.0799. The number of carbonyl (C=O) groups excluding carboxylic acids is 1. The number of fused-ring (bicyclic) bond motifs is 1. The van der Waals surface area contributed by atoms with Crippen LogP contribution in [0, 0.1) is 12.3 Å². The van der Waals surface area contributed by atoms with Gasteiger partial charge >= 0.3 is 0 Å². The molecule has 3 aromatic heterocycles. The molecule has 3 rings (SSSR count). The van der Waals surface area contributed by atoms with Crippen LogP contribution in [0.4, 0.5) is 0 Å². The summed E-state index contributed by atoms with van der Waals surface area (Å²) in [4.78, 5) is 21.0. The standard InChI is InChI=1S/C21H26N4O.ClH/c1-15-17(9-6-10-22-15)18-14-16-8-5-11-23-19(16)25(18)13-7-12-24-20(26)21(2,3)4;/h5-6,8-11,14H,7,12-13H2,1-4H3,(H,24,26);1H. The first-order valence-electron chi connectivity index (χ1n) is 9.02. The number of amides is 1. The van der Waals surface area contributed by atoms with E-state index < -0.39 is 0 Å². The van der Waals surface area contributed by atoms with Crippen LogP contribution < -0.4 is 5.32 Å². The molecule has 5 nitrogen and oxygen atoms in total. The Labute approximate surface area is 166 Å². The van der Waals surface area contributed by atoms with Gasteiger partial charge in [-0.2, -0.15) is 0 Å². The molecule has 1 N–H and O–H groups in total. The molecule has 0 spiro atoms. The number of pyridine rings is 2. The van der Waals surface area contributed by atoms with Crippen molar-refractivity contribution >= 4 is 29.3 Å². The van der Waals surface area contributed by atoms with Gasteiger partial charge in [0, 0.05) is 47.5 Å². The van der Waals surface area contributed by atoms with Crippen LogP contribution in [0.5, 0.6) is 0 Å². The lowest BCUT2D eigenvalue weighted by Gasteiger charge is -2.18. The number of carbonyl (C=O) groups is 1. The zero-order chi connectivity index (χ0) is 18.7. The summed E-state index contributed by atoms with van der Waals surface area (Å²) in [6.07, 6.45) is 4.47. The normalized spacial score (nSPS) is 11.3. The molecule has 0 aromatic carbocycles. The van der Waals surface area contributed by atoms with Gasteiger partial charge in [-0.3, -0.25) is 9.78 Å². The summed E-state index contributed by atoms with van der Waals surface area (Å²) >= 11 is 0. The maximum Gasteiger partial charge on any atom is 0.225 e. The van der Waals surface area contributed by atoms with E-state index in [-0.39, 0.29) is 23.7 Å². The first kappa shape index (κ1) is 20.9. The zero-order valence-corrected chi connectivity index (χ0v) is 17.1. The molecule has 3 aromatic rings. The van der Waals surface area contributed by atoms with Crippen LogP contribution in [0.15, 0.2) is 42.7 Å². The van der Waals surface area contributed by atoms with Gasteiger partial charge in [-0.15, -0.1) is 12.4 Å². The SMILES string of the molecule is Cc1ncccc1-c1cc2cccnc2n1CCCNC(=O)C(C)(C)C.Cl. The maximum atomic E-state index is 12.0. The van der Waals surface area contributed by atoms with Crippen LogP contribution in [0.2, 0.25) is 0 Å². The van der Waals surface area contributed by atoms with Crippen molar-refractivity contribution in [3.8, 4) is 11.3 Å². The van der Waals surface area contributed by atoms with Gasteiger partial charge in [0.25, 0.3) is 0 Å². The molecule has 0 bridgehead atoms. The summed E-state index contributed by atoms with van der Waals surface area (Å²) in [6, 6.07) is 10.3. The summed E-state index contributed by atoms with van der Waals surface area (Å²) in [7, 11) is 0. The number of hydrogen-bond acceptors (Lipinski definition) is 3. The van der Waals surface area contributed by atoms with Crippen molar-refractivity contribution in [3.05, 3.63) is 48.4 Å². The van der Waals surface area contributed by atoms with Crippen LogP contribution in [0.1, 0.15) is 32.9 Å². The van der Waals surface area contributed by atoms with Gasteiger partial charge in [-0.05, 0) is 43.7 Å². The van der Waals surface area contributed by atoms with Gasteiger partial charge in [0.15, 0.2) is 0 Å². The number of nitrogens with zero attached hydrogens (tertiary/aromatic N) is 3. The van der Waals surface area contributed by atoms with Crippen molar-refractivity contribution in [2.45, 2.75) is 40.7 Å². The molecule has 1 amide bonds. The number of aromatic nitrogens is 3. The van der Waals surface area contributed by atoms with Gasteiger partial charge in [0.05, 0.1) is 5.69 Å². The average Bonchev–Trinajstić information content (AvgIpc) is 2.96. The van der Waals surface area contributed by atoms with Gasteiger partial charge in [0.2, 0.25) is 5.91 Å². The Morgan fingerprint density at radius 2 is 1.85 bits per heavy atom. The molecule has 0 radical (unpaired) electrons. The predicted octanol–water partition coefficient (Wildman–Crippen LogP) is 4.38. The molecular formula is C21H27ClN4O. The largest absolute Gasteiger partial charge is 0.356 e. The summed E-state index contributed by atoms with van der Waals surface area (Å²) in [5.41, 5.74) is 3.83. The lowest BCUT2D eigenvalue weighted by Crippen LogP contribution is -2.35. The molecule has 0 aliphatic heterocycles. The monoisotopic (exact) mass is 386 g/mol. The second-order valence-electron chi connectivity index (χ2n) is 7.59. The number of nitrogens with one attached hydrogen (secondary N) is 1. The van der Waals surface area contributed by atoms with E-state index in [9.17, 15) is 4.79 Å². The fourth-order valence-electron chi connectivity index (χ4n) is 3.00. The minimum absolute atomic E-state index is 0. The lowest BCUT2D eigenvalue weighted by molar-refractivity contribution is -0.128. The van der Waals surface area contributed by atoms with Crippen LogP contribution in [-0.4, -0.2) is 27.0 Å². The Morgan fingerprint density at radius 3 is 2.56 bits per heavy atom. The molecule has 0 saturated carbocycles. The number of rotatable bonds is 5. The molecule has 0 fully saturated rings.